The molecule has 0 radical (unpaired) electrons. The Hall–Kier alpha value is -2.75. The molecule has 1 aromatic heterocycles. The number of nitrogens with zero attached hydrogens (tertiary/aromatic N) is 1. The van der Waals surface area contributed by atoms with Crippen molar-refractivity contribution in [1.29, 1.82) is 0 Å². The summed E-state index contributed by atoms with van der Waals surface area (Å²) in [4.78, 5) is 37.1. The molecule has 2 aromatic rings. The first-order valence-corrected chi connectivity index (χ1v) is 9.59. The van der Waals surface area contributed by atoms with Gasteiger partial charge in [0.25, 0.3) is 5.56 Å². The topological polar surface area (TPSA) is 134 Å². The van der Waals surface area contributed by atoms with Crippen LogP contribution in [-0.2, 0) is 16.0 Å². The number of aliphatic hydroxyl groups is 2. The van der Waals surface area contributed by atoms with E-state index in [0.717, 1.165) is 23.5 Å². The third kappa shape index (κ3) is 5.41. The molecular weight excluding hydrogens is 378 g/mol. The van der Waals surface area contributed by atoms with Crippen molar-refractivity contribution in [3.05, 3.63) is 69.0 Å². The van der Waals surface area contributed by atoms with Gasteiger partial charge in [0.15, 0.2) is 6.23 Å². The van der Waals surface area contributed by atoms with E-state index in [1.54, 1.807) is 0 Å². The number of aliphatic hydroxyl groups excluding tert-OH is 2. The standard InChI is InChI=1S/C20H25N3O6/c24-15(21-11-4-7-13-5-2-1-3-6-13)9-8-14-17(26)18(27)19(29-14)23-12-10-16(25)22-20(23)28/h1-3,5-6,10,12,14,17-19,26-27H,4,7-9,11H2,(H,21,24)(H,22,25,28)/t14-,17-,18-,19-/m1/s1. The molecule has 3 rings (SSSR count). The quantitative estimate of drug-likeness (QED) is 0.447. The van der Waals surface area contributed by atoms with Crippen molar-refractivity contribution in [2.24, 2.45) is 0 Å². The van der Waals surface area contributed by atoms with Crippen molar-refractivity contribution in [3.8, 4) is 0 Å². The molecule has 0 spiro atoms. The number of carbonyl (C=O) groups is 1. The lowest BCUT2D eigenvalue weighted by Crippen LogP contribution is -2.37. The Morgan fingerprint density at radius 1 is 1.14 bits per heavy atom. The molecule has 1 saturated heterocycles. The molecule has 0 bridgehead atoms. The summed E-state index contributed by atoms with van der Waals surface area (Å²) in [5.74, 6) is -0.173. The summed E-state index contributed by atoms with van der Waals surface area (Å²) in [6.45, 7) is 0.541. The van der Waals surface area contributed by atoms with Gasteiger partial charge in [0.1, 0.15) is 12.2 Å². The second-order valence-electron chi connectivity index (χ2n) is 7.04. The van der Waals surface area contributed by atoms with Crippen LogP contribution in [0.4, 0.5) is 0 Å². The van der Waals surface area contributed by atoms with Crippen LogP contribution in [0, 0.1) is 0 Å². The van der Waals surface area contributed by atoms with Gasteiger partial charge in [-0.2, -0.15) is 0 Å². The summed E-state index contributed by atoms with van der Waals surface area (Å²) in [7, 11) is 0. The minimum absolute atomic E-state index is 0.118. The number of aromatic amines is 1. The molecule has 1 aromatic carbocycles. The van der Waals surface area contributed by atoms with Crippen molar-refractivity contribution in [3.63, 3.8) is 0 Å². The maximum absolute atomic E-state index is 12.0. The van der Waals surface area contributed by atoms with Gasteiger partial charge in [0, 0.05) is 25.2 Å². The van der Waals surface area contributed by atoms with Gasteiger partial charge in [-0.15, -0.1) is 0 Å². The predicted octanol–water partition coefficient (Wildman–Crippen LogP) is -0.315. The van der Waals surface area contributed by atoms with Crippen LogP contribution in [0.1, 0.15) is 31.1 Å². The highest BCUT2D eigenvalue weighted by Gasteiger charge is 2.43. The Kier molecular flexibility index (Phi) is 6.97. The van der Waals surface area contributed by atoms with Gasteiger partial charge in [-0.05, 0) is 24.8 Å². The number of amides is 1. The molecule has 2 heterocycles. The van der Waals surface area contributed by atoms with Crippen LogP contribution < -0.4 is 16.6 Å². The van der Waals surface area contributed by atoms with Crippen LogP contribution >= 0.6 is 0 Å². The van der Waals surface area contributed by atoms with Crippen molar-refractivity contribution < 1.29 is 19.7 Å². The van der Waals surface area contributed by atoms with Crippen molar-refractivity contribution in [2.75, 3.05) is 6.54 Å². The Labute approximate surface area is 167 Å². The maximum Gasteiger partial charge on any atom is 0.330 e. The average Bonchev–Trinajstić information content (AvgIpc) is 2.99. The molecule has 1 fully saturated rings. The predicted molar refractivity (Wildman–Crippen MR) is 104 cm³/mol. The van der Waals surface area contributed by atoms with E-state index in [9.17, 15) is 24.6 Å². The zero-order chi connectivity index (χ0) is 20.8. The fourth-order valence-electron chi connectivity index (χ4n) is 3.35. The number of aryl methyl sites for hydroxylation is 1. The maximum atomic E-state index is 12.0. The molecular formula is C20H25N3O6. The molecule has 1 aliphatic heterocycles. The number of hydrogen-bond donors (Lipinski definition) is 4. The van der Waals surface area contributed by atoms with Crippen molar-refractivity contribution in [2.45, 2.75) is 50.2 Å². The van der Waals surface area contributed by atoms with E-state index in [1.165, 1.54) is 11.8 Å². The summed E-state index contributed by atoms with van der Waals surface area (Å²) in [6, 6.07) is 11.1. The summed E-state index contributed by atoms with van der Waals surface area (Å²) >= 11 is 0. The van der Waals surface area contributed by atoms with Crippen LogP contribution in [0.3, 0.4) is 0 Å². The van der Waals surface area contributed by atoms with Crippen LogP contribution in [0.5, 0.6) is 0 Å². The summed E-state index contributed by atoms with van der Waals surface area (Å²) in [6.07, 6.45) is -1.34. The highest BCUT2D eigenvalue weighted by atomic mass is 16.6. The molecule has 9 heteroatoms. The van der Waals surface area contributed by atoms with E-state index in [0.29, 0.717) is 6.54 Å². The number of ether oxygens (including phenoxy) is 1. The van der Waals surface area contributed by atoms with E-state index in [2.05, 4.69) is 10.3 Å². The number of rotatable bonds is 8. The minimum atomic E-state index is -1.35. The van der Waals surface area contributed by atoms with Gasteiger partial charge in [-0.1, -0.05) is 30.3 Å². The van der Waals surface area contributed by atoms with E-state index < -0.39 is 35.8 Å². The number of H-pyrrole nitrogens is 1. The Morgan fingerprint density at radius 3 is 2.62 bits per heavy atom. The first-order chi connectivity index (χ1) is 14.0. The van der Waals surface area contributed by atoms with E-state index in [1.807, 2.05) is 30.3 Å². The van der Waals surface area contributed by atoms with Gasteiger partial charge in [-0.25, -0.2) is 4.79 Å². The number of carbonyl (C=O) groups excluding carboxylic acids is 1. The lowest BCUT2D eigenvalue weighted by molar-refractivity contribution is -0.122. The van der Waals surface area contributed by atoms with E-state index >= 15 is 0 Å². The van der Waals surface area contributed by atoms with E-state index in [4.69, 9.17) is 4.74 Å². The molecule has 4 atom stereocenters. The third-order valence-corrected chi connectivity index (χ3v) is 4.93. The van der Waals surface area contributed by atoms with Gasteiger partial charge in [0.05, 0.1) is 6.10 Å². The number of benzene rings is 1. The van der Waals surface area contributed by atoms with Gasteiger partial charge in [-0.3, -0.25) is 19.1 Å². The molecule has 156 valence electrons. The molecule has 9 nitrogen and oxygen atoms in total. The van der Waals surface area contributed by atoms with Crippen LogP contribution in [-0.4, -0.2) is 50.5 Å². The number of hydrogen-bond acceptors (Lipinski definition) is 6. The first kappa shape index (κ1) is 21.0. The smallest absolute Gasteiger partial charge is 0.330 e. The van der Waals surface area contributed by atoms with Crippen LogP contribution in [0.15, 0.2) is 52.2 Å². The van der Waals surface area contributed by atoms with Crippen molar-refractivity contribution in [1.82, 2.24) is 14.9 Å². The zero-order valence-corrected chi connectivity index (χ0v) is 15.9. The van der Waals surface area contributed by atoms with Crippen molar-refractivity contribution >= 4 is 5.91 Å². The molecule has 0 unspecified atom stereocenters. The summed E-state index contributed by atoms with van der Waals surface area (Å²) in [5, 5.41) is 23.2. The molecule has 0 aliphatic carbocycles. The van der Waals surface area contributed by atoms with Gasteiger partial charge >= 0.3 is 5.69 Å². The van der Waals surface area contributed by atoms with Gasteiger partial charge in [0.2, 0.25) is 5.91 Å². The van der Waals surface area contributed by atoms with Crippen LogP contribution in [0.25, 0.3) is 0 Å². The molecule has 0 saturated carbocycles. The van der Waals surface area contributed by atoms with Crippen LogP contribution in [0.2, 0.25) is 0 Å². The normalized spacial score (nSPS) is 23.8. The summed E-state index contributed by atoms with van der Waals surface area (Å²) < 4.78 is 6.60. The van der Waals surface area contributed by atoms with E-state index in [-0.39, 0.29) is 18.7 Å². The monoisotopic (exact) mass is 403 g/mol. The largest absolute Gasteiger partial charge is 0.388 e. The molecule has 1 aliphatic rings. The zero-order valence-electron chi connectivity index (χ0n) is 15.9. The third-order valence-electron chi connectivity index (χ3n) is 4.93. The second kappa shape index (κ2) is 9.64. The Balaban J connectivity index is 1.44. The Bertz CT molecular complexity index is 926. The number of aromatic nitrogens is 2. The minimum Gasteiger partial charge on any atom is -0.388 e. The molecule has 29 heavy (non-hydrogen) atoms. The lowest BCUT2D eigenvalue weighted by Gasteiger charge is -2.16. The highest BCUT2D eigenvalue weighted by Crippen LogP contribution is 2.30. The Morgan fingerprint density at radius 2 is 1.90 bits per heavy atom. The number of nitrogens with one attached hydrogen (secondary N) is 2. The lowest BCUT2D eigenvalue weighted by atomic mass is 10.1. The highest BCUT2D eigenvalue weighted by molar-refractivity contribution is 5.75. The fourth-order valence-corrected chi connectivity index (χ4v) is 3.35. The summed E-state index contributed by atoms with van der Waals surface area (Å²) in [5.41, 5.74) is -0.105. The molecule has 4 N–H and O–H groups in total. The fraction of sp³-hybridized carbons (Fsp3) is 0.450. The SMILES string of the molecule is O=C(CC[C@H]1O[C@@H](n2ccc(=O)[nH]c2=O)[C@H](O)[C@@H]1O)NCCCc1ccccc1. The second-order valence-corrected chi connectivity index (χ2v) is 7.04. The molecule has 1 amide bonds. The van der Waals surface area contributed by atoms with Gasteiger partial charge < -0.3 is 20.3 Å². The average molecular weight is 403 g/mol. The first-order valence-electron chi connectivity index (χ1n) is 9.59.